The van der Waals surface area contributed by atoms with Crippen molar-refractivity contribution in [2.24, 2.45) is 11.8 Å². The topological polar surface area (TPSA) is 52.2 Å². The first-order valence-electron chi connectivity index (χ1n) is 16.9. The molecular formula is C33H66N2O2. The molecule has 0 radical (unpaired) electrons. The van der Waals surface area contributed by atoms with Crippen molar-refractivity contribution in [1.82, 2.24) is 5.43 Å². The lowest BCUT2D eigenvalue weighted by atomic mass is 9.93. The highest BCUT2D eigenvalue weighted by atomic mass is 16.6. The summed E-state index contributed by atoms with van der Waals surface area (Å²) in [6.07, 6.45) is 31.3. The van der Waals surface area contributed by atoms with Crippen LogP contribution in [0.2, 0.25) is 0 Å². The second kappa shape index (κ2) is 23.3. The van der Waals surface area contributed by atoms with Crippen LogP contribution in [0.5, 0.6) is 0 Å². The summed E-state index contributed by atoms with van der Waals surface area (Å²) >= 11 is 0. The van der Waals surface area contributed by atoms with Crippen LogP contribution < -0.4 is 5.43 Å². The Labute approximate surface area is 232 Å². The number of nitrogens with zero attached hydrogens (tertiary/aromatic N) is 1. The van der Waals surface area contributed by atoms with Crippen molar-refractivity contribution in [2.75, 3.05) is 13.1 Å². The smallest absolute Gasteiger partial charge is 0.268 e. The summed E-state index contributed by atoms with van der Waals surface area (Å²) in [5.41, 5.74) is 2.97. The van der Waals surface area contributed by atoms with E-state index in [0.717, 1.165) is 44.9 Å². The highest BCUT2D eigenvalue weighted by Crippen LogP contribution is 2.23. The van der Waals surface area contributed by atoms with E-state index in [0.29, 0.717) is 19.0 Å². The van der Waals surface area contributed by atoms with E-state index in [4.69, 9.17) is 0 Å². The van der Waals surface area contributed by atoms with Gasteiger partial charge in [-0.1, -0.05) is 149 Å². The Hall–Kier alpha value is -0.610. The normalized spacial score (nSPS) is 20.3. The first kappa shape index (κ1) is 34.4. The Morgan fingerprint density at radius 1 is 0.676 bits per heavy atom. The molecular weight excluding hydrogens is 456 g/mol. The van der Waals surface area contributed by atoms with E-state index in [2.05, 4.69) is 26.2 Å². The number of nitrogens with one attached hydrogen (secondary N) is 1. The third-order valence-corrected chi connectivity index (χ3v) is 8.70. The van der Waals surface area contributed by atoms with Gasteiger partial charge in [-0.25, -0.2) is 5.43 Å². The van der Waals surface area contributed by atoms with Gasteiger partial charge in [0, 0.05) is 12.3 Å². The second-order valence-corrected chi connectivity index (χ2v) is 12.5. The minimum absolute atomic E-state index is 0.0210. The average Bonchev–Trinajstić information content (AvgIpc) is 3.05. The lowest BCUT2D eigenvalue weighted by Gasteiger charge is -2.41. The van der Waals surface area contributed by atoms with E-state index in [1.807, 2.05) is 0 Å². The van der Waals surface area contributed by atoms with Crippen molar-refractivity contribution in [3.05, 3.63) is 5.21 Å². The van der Waals surface area contributed by atoms with Gasteiger partial charge >= 0.3 is 0 Å². The molecule has 1 fully saturated rings. The maximum Gasteiger partial charge on any atom is 0.268 e. The number of amides is 1. The molecule has 1 N–H and O–H groups in total. The Bertz CT molecular complexity index is 502. The quantitative estimate of drug-likeness (QED) is 0.0778. The SMILES string of the molecule is CCCCCCCCCCCCC(CCCCCCCCCCCC)C(=O)N[N+]1([O-])CCCC(C)CC1. The number of hydrogen-bond donors (Lipinski definition) is 1. The summed E-state index contributed by atoms with van der Waals surface area (Å²) in [5.74, 6) is 0.657. The molecule has 1 saturated heterocycles. The monoisotopic (exact) mass is 523 g/mol. The van der Waals surface area contributed by atoms with Crippen LogP contribution in [0.25, 0.3) is 0 Å². The fourth-order valence-electron chi connectivity index (χ4n) is 5.95. The summed E-state index contributed by atoms with van der Waals surface area (Å²) in [7, 11) is 0. The van der Waals surface area contributed by atoms with Gasteiger partial charge in [-0.2, -0.15) is 0 Å². The van der Waals surface area contributed by atoms with Gasteiger partial charge < -0.3 is 5.21 Å². The largest absolute Gasteiger partial charge is 0.606 e. The van der Waals surface area contributed by atoms with Crippen LogP contribution in [-0.2, 0) is 4.79 Å². The van der Waals surface area contributed by atoms with Crippen molar-refractivity contribution in [1.29, 1.82) is 0 Å². The predicted octanol–water partition coefficient (Wildman–Crippen LogP) is 10.4. The minimum Gasteiger partial charge on any atom is -0.606 e. The molecule has 1 aliphatic rings. The van der Waals surface area contributed by atoms with Gasteiger partial charge in [0.25, 0.3) is 5.91 Å². The van der Waals surface area contributed by atoms with Gasteiger partial charge in [0.05, 0.1) is 0 Å². The third kappa shape index (κ3) is 19.2. The molecule has 1 heterocycles. The number of quaternary nitrogens is 1. The van der Waals surface area contributed by atoms with Crippen molar-refractivity contribution in [3.63, 3.8) is 0 Å². The van der Waals surface area contributed by atoms with Crippen molar-refractivity contribution in [3.8, 4) is 0 Å². The summed E-state index contributed by atoms with van der Waals surface area (Å²) in [6.45, 7) is 7.86. The zero-order valence-corrected chi connectivity index (χ0v) is 25.5. The van der Waals surface area contributed by atoms with Crippen LogP contribution in [0.3, 0.4) is 0 Å². The fraction of sp³-hybridized carbons (Fsp3) is 0.970. The second-order valence-electron chi connectivity index (χ2n) is 12.5. The maximum atomic E-state index is 13.3. The molecule has 0 spiro atoms. The van der Waals surface area contributed by atoms with Crippen LogP contribution in [0.4, 0.5) is 0 Å². The van der Waals surface area contributed by atoms with E-state index in [1.54, 1.807) is 0 Å². The van der Waals surface area contributed by atoms with E-state index >= 15 is 0 Å². The number of hydrogen-bond acceptors (Lipinski definition) is 2. The molecule has 0 saturated carbocycles. The Kier molecular flexibility index (Phi) is 21.7. The standard InChI is InChI=1S/C33H66N2O2/c1-4-6-8-10-12-14-16-18-20-22-26-32(27-23-21-19-17-15-13-11-9-7-5-2)33(36)34-35(37)29-24-25-31(3)28-30-35/h31-32H,4-30H2,1-3H3,(H,34,36). The molecule has 1 aliphatic heterocycles. The molecule has 2 atom stereocenters. The van der Waals surface area contributed by atoms with Gasteiger partial charge in [-0.05, 0) is 31.6 Å². The van der Waals surface area contributed by atoms with Gasteiger partial charge in [0.2, 0.25) is 0 Å². The average molecular weight is 523 g/mol. The Balaban J connectivity index is 2.34. The molecule has 4 heteroatoms. The molecule has 0 aliphatic carbocycles. The minimum atomic E-state index is -0.490. The molecule has 0 aromatic carbocycles. The van der Waals surface area contributed by atoms with Crippen LogP contribution in [-0.4, -0.2) is 23.8 Å². The summed E-state index contributed by atoms with van der Waals surface area (Å²) in [5, 5.41) is 13.3. The lowest BCUT2D eigenvalue weighted by Crippen LogP contribution is -2.57. The molecule has 2 unspecified atom stereocenters. The predicted molar refractivity (Wildman–Crippen MR) is 161 cm³/mol. The number of hydroxylamine groups is 2. The Morgan fingerprint density at radius 3 is 1.51 bits per heavy atom. The maximum absolute atomic E-state index is 13.3. The first-order valence-corrected chi connectivity index (χ1v) is 16.9. The highest BCUT2D eigenvalue weighted by Gasteiger charge is 2.28. The number of rotatable bonds is 24. The number of carbonyl (C=O) groups is 1. The number of unbranched alkanes of at least 4 members (excludes halogenated alkanes) is 18. The van der Waals surface area contributed by atoms with Crippen molar-refractivity contribution in [2.45, 2.75) is 181 Å². The third-order valence-electron chi connectivity index (χ3n) is 8.70. The fourth-order valence-corrected chi connectivity index (χ4v) is 5.95. The Morgan fingerprint density at radius 2 is 1.08 bits per heavy atom. The zero-order valence-electron chi connectivity index (χ0n) is 25.5. The van der Waals surface area contributed by atoms with Crippen LogP contribution >= 0.6 is 0 Å². The highest BCUT2D eigenvalue weighted by molar-refractivity contribution is 5.77. The van der Waals surface area contributed by atoms with Gasteiger partial charge in [-0.3, -0.25) is 9.55 Å². The number of carbonyl (C=O) groups excluding carboxylic acids is 1. The summed E-state index contributed by atoms with van der Waals surface area (Å²) in [4.78, 5) is 13.3. The molecule has 220 valence electrons. The van der Waals surface area contributed by atoms with E-state index < -0.39 is 4.76 Å². The lowest BCUT2D eigenvalue weighted by molar-refractivity contribution is -0.915. The van der Waals surface area contributed by atoms with E-state index in [1.165, 1.54) is 116 Å². The van der Waals surface area contributed by atoms with Crippen LogP contribution in [0.1, 0.15) is 181 Å². The summed E-state index contributed by atoms with van der Waals surface area (Å²) < 4.78 is -0.490. The van der Waals surface area contributed by atoms with Gasteiger partial charge in [0.15, 0.2) is 0 Å². The van der Waals surface area contributed by atoms with Crippen molar-refractivity contribution < 1.29 is 9.55 Å². The molecule has 37 heavy (non-hydrogen) atoms. The first-order chi connectivity index (χ1) is 18.0. The van der Waals surface area contributed by atoms with E-state index in [9.17, 15) is 10.0 Å². The van der Waals surface area contributed by atoms with Gasteiger partial charge in [-0.15, -0.1) is 0 Å². The van der Waals surface area contributed by atoms with Crippen LogP contribution in [0.15, 0.2) is 0 Å². The van der Waals surface area contributed by atoms with Crippen molar-refractivity contribution >= 4 is 5.91 Å². The van der Waals surface area contributed by atoms with Gasteiger partial charge in [0.1, 0.15) is 13.1 Å². The van der Waals surface area contributed by atoms with Crippen LogP contribution in [0, 0.1) is 17.0 Å². The molecule has 0 bridgehead atoms. The molecule has 0 aromatic heterocycles. The van der Waals surface area contributed by atoms with E-state index in [-0.39, 0.29) is 11.8 Å². The summed E-state index contributed by atoms with van der Waals surface area (Å²) in [6, 6.07) is 0. The molecule has 0 aromatic rings. The molecule has 1 rings (SSSR count). The zero-order chi connectivity index (χ0) is 27.0. The molecule has 4 nitrogen and oxygen atoms in total. The molecule has 1 amide bonds.